The minimum absolute atomic E-state index is 0.00587. The number of methoxy groups -OCH3 is 2. The Bertz CT molecular complexity index is 3870. The Hall–Kier alpha value is -11.1. The molecule has 2 fully saturated rings. The molecule has 19 N–H and O–H groups in total. The molecule has 4 aromatic rings. The van der Waals surface area contributed by atoms with Crippen molar-refractivity contribution in [2.24, 2.45) is 28.1 Å². The number of nitrogen functional groups attached to an aromatic ring is 1. The number of benzene rings is 1. The van der Waals surface area contributed by atoms with Gasteiger partial charge < -0.3 is 99.1 Å². The summed E-state index contributed by atoms with van der Waals surface area (Å²) >= 11 is 0.618. The van der Waals surface area contributed by atoms with Crippen LogP contribution in [0.15, 0.2) is 73.8 Å². The number of fused-ring (bicyclic) bond motifs is 5. The molecule has 38 heteroatoms. The number of hydrogen-bond acceptors (Lipinski definition) is 25. The summed E-state index contributed by atoms with van der Waals surface area (Å²) in [6.07, 6.45) is -2.62. The normalized spacial score (nSPS) is 19.1. The number of carboxylic acids is 3. The van der Waals surface area contributed by atoms with E-state index in [0.717, 1.165) is 10.6 Å². The van der Waals surface area contributed by atoms with E-state index >= 15 is 0 Å². The summed E-state index contributed by atoms with van der Waals surface area (Å²) in [7, 11) is 2.53. The van der Waals surface area contributed by atoms with E-state index in [0.29, 0.717) is 23.1 Å². The molecule has 37 nitrogen and oxygen atoms in total. The SMILES string of the molecule is COC1=C(C)C(=O)C2=C(C1=O)[C@H](COC(N)=O)[C@]1(OC)[C@H]3[C@@H](CN21)N3C(=O)CCn1c(O)cc(SC[C@@H](NC(=O)[C@@H](CC(=O)O)NC(=O)[C@@H](CCCN=C(N)N)NC(=O)CC[C@@H](NC(=O)c2ccc(NCc3cnc4nc(N)[nH]c(=O)c4n3)cc2)C(=O)O)C(=O)O)c1O. The lowest BCUT2D eigenvalue weighted by Crippen LogP contribution is -2.56. The van der Waals surface area contributed by atoms with Crippen LogP contribution in [0.3, 0.4) is 0 Å². The Labute approximate surface area is 528 Å². The van der Waals surface area contributed by atoms with Crippen molar-refractivity contribution in [2.75, 3.05) is 50.7 Å². The molecule has 6 heterocycles. The first kappa shape index (κ1) is 67.9. The van der Waals surface area contributed by atoms with Crippen molar-refractivity contribution in [1.82, 2.24) is 55.6 Å². The average molecular weight is 1320 g/mol. The second-order valence-corrected chi connectivity index (χ2v) is 22.6. The first-order valence-electron chi connectivity index (χ1n) is 28.3. The Morgan fingerprint density at radius 3 is 2.20 bits per heavy atom. The number of nitrogens with one attached hydrogen (secondary N) is 6. The number of H-pyrrole nitrogens is 1. The summed E-state index contributed by atoms with van der Waals surface area (Å²) in [6, 6.07) is -1.59. The van der Waals surface area contributed by atoms with Gasteiger partial charge in [-0.2, -0.15) is 4.98 Å². The summed E-state index contributed by atoms with van der Waals surface area (Å²) in [6.45, 7) is 0.606. The predicted molar refractivity (Wildman–Crippen MR) is 320 cm³/mol. The Balaban J connectivity index is 0.850. The molecule has 1 aliphatic carbocycles. The number of aromatic nitrogens is 5. The van der Waals surface area contributed by atoms with Crippen molar-refractivity contribution in [1.29, 1.82) is 0 Å². The number of nitrogens with two attached hydrogens (primary N) is 4. The first-order valence-corrected chi connectivity index (χ1v) is 29.3. The monoisotopic (exact) mass is 1320 g/mol. The van der Waals surface area contributed by atoms with Crippen molar-refractivity contribution >= 4 is 106 Å². The molecule has 0 bridgehead atoms. The van der Waals surface area contributed by atoms with Crippen LogP contribution in [0.4, 0.5) is 16.4 Å². The van der Waals surface area contributed by atoms with Crippen LogP contribution >= 0.6 is 11.8 Å². The van der Waals surface area contributed by atoms with E-state index in [-0.39, 0.29) is 102 Å². The van der Waals surface area contributed by atoms with Gasteiger partial charge in [-0.3, -0.25) is 57.7 Å². The number of aliphatic carboxylic acids is 3. The van der Waals surface area contributed by atoms with Crippen LogP contribution in [0.2, 0.25) is 0 Å². The summed E-state index contributed by atoms with van der Waals surface area (Å²) in [4.78, 5) is 178. The van der Waals surface area contributed by atoms with Crippen LogP contribution in [0.25, 0.3) is 11.2 Å². The van der Waals surface area contributed by atoms with Gasteiger partial charge in [0.15, 0.2) is 34.5 Å². The highest BCUT2D eigenvalue weighted by atomic mass is 32.2. The van der Waals surface area contributed by atoms with E-state index < -0.39 is 162 Å². The van der Waals surface area contributed by atoms with Crippen molar-refractivity contribution in [3.63, 3.8) is 0 Å². The molecule has 93 heavy (non-hydrogen) atoms. The molecular formula is C55H65N17O20S. The number of amides is 6. The number of Topliss-reactive ketones (excluding diaryl/α,β-unsaturated/α-hetero) is 2. The van der Waals surface area contributed by atoms with Crippen LogP contribution in [0.5, 0.6) is 11.8 Å². The molecule has 8 atom stereocenters. The Kier molecular flexibility index (Phi) is 20.7. The molecule has 6 amide bonds. The van der Waals surface area contributed by atoms with Gasteiger partial charge in [-0.25, -0.2) is 24.4 Å². The smallest absolute Gasteiger partial charge is 0.404 e. The maximum Gasteiger partial charge on any atom is 0.404 e. The number of carboxylic acid groups (broad SMARTS) is 3. The van der Waals surface area contributed by atoms with Crippen LogP contribution in [-0.4, -0.2) is 213 Å². The maximum atomic E-state index is 13.9. The molecule has 3 aromatic heterocycles. The van der Waals surface area contributed by atoms with E-state index in [1.54, 1.807) is 4.90 Å². The minimum Gasteiger partial charge on any atom is -0.494 e. The first-order chi connectivity index (χ1) is 44.1. The molecule has 1 aromatic carbocycles. The van der Waals surface area contributed by atoms with Gasteiger partial charge in [0.25, 0.3) is 11.5 Å². The highest BCUT2D eigenvalue weighted by molar-refractivity contribution is 7.99. The zero-order chi connectivity index (χ0) is 67.9. The summed E-state index contributed by atoms with van der Waals surface area (Å²) < 4.78 is 17.4. The lowest BCUT2D eigenvalue weighted by Gasteiger charge is -2.41. The molecule has 0 spiro atoms. The third-order valence-electron chi connectivity index (χ3n) is 15.6. The summed E-state index contributed by atoms with van der Waals surface area (Å²) in [5.41, 5.74) is 20.5. The molecule has 496 valence electrons. The maximum absolute atomic E-state index is 13.9. The quantitative estimate of drug-likeness (QED) is 0.00584. The number of ether oxygens (including phenoxy) is 3. The van der Waals surface area contributed by atoms with Gasteiger partial charge >= 0.3 is 24.0 Å². The number of aromatic hydroxyl groups is 2. The molecule has 4 aliphatic rings. The highest BCUT2D eigenvalue weighted by Gasteiger charge is 2.77. The third-order valence-corrected chi connectivity index (χ3v) is 16.8. The fraction of sp³-hybridized carbons (Fsp3) is 0.418. The van der Waals surface area contributed by atoms with Crippen molar-refractivity contribution < 1.29 is 92.5 Å². The topological polar surface area (TPSA) is 576 Å². The van der Waals surface area contributed by atoms with E-state index in [1.165, 1.54) is 56.5 Å². The molecule has 0 radical (unpaired) electrons. The number of piperazine rings is 1. The number of rotatable bonds is 31. The number of primary amides is 1. The van der Waals surface area contributed by atoms with Gasteiger partial charge in [0.2, 0.25) is 47.0 Å². The highest BCUT2D eigenvalue weighted by Crippen LogP contribution is 2.60. The van der Waals surface area contributed by atoms with E-state index in [2.05, 4.69) is 51.5 Å². The van der Waals surface area contributed by atoms with Crippen molar-refractivity contribution in [3.8, 4) is 11.8 Å². The zero-order valence-electron chi connectivity index (χ0n) is 49.7. The number of anilines is 2. The van der Waals surface area contributed by atoms with Gasteiger partial charge in [-0.05, 0) is 50.5 Å². The molecule has 2 saturated heterocycles. The standard InChI is InChI=1S/C55H65N17O20S/c1-22-40(78)39-37(41(79)42(22)90-2)26(20-92-54(59)89)55(91-3)43-31(19-71(39)55)72(43)34(74)12-14-70-35(75)16-32(49(70)84)93-21-30(51(87)88)67-47(82)29(15-36(76)77)66-46(81)27(5-4-13-60-52(56)57)64-33(73)11-10-28(50(85)86)65-45(80)23-6-8-24(9-7-23)61-17-25-18-62-44-38(63-25)48(83)69-53(58)68-44/h6-9,16,18,26-31,43,61,75,84H,4-5,10-15,17,19-21H2,1-3H3,(H2,59,89)(H,64,73)(H,65,80)(H,66,81)(H,67,82)(H,76,77)(H,85,86)(H,87,88)(H4,56,57,60)(H3,58,62,68,69,83)/t26-,27+,28+,29+,30+,31+,43+,55-,72?/m0/s1. The van der Waals surface area contributed by atoms with Gasteiger partial charge in [0, 0.05) is 73.8 Å². The lowest BCUT2D eigenvalue weighted by atomic mass is 9.83. The zero-order valence-corrected chi connectivity index (χ0v) is 50.5. The van der Waals surface area contributed by atoms with Crippen LogP contribution < -0.4 is 55.1 Å². The number of carbonyl (C=O) groups is 11. The van der Waals surface area contributed by atoms with Gasteiger partial charge in [-0.1, -0.05) is 0 Å². The third kappa shape index (κ3) is 14.8. The minimum atomic E-state index is -1.99. The number of aliphatic imine (C=N–C) groups is 1. The number of aromatic amines is 1. The average Bonchev–Trinajstić information content (AvgIpc) is 1.49. The fourth-order valence-electron chi connectivity index (χ4n) is 11.3. The second kappa shape index (κ2) is 28.4. The second-order valence-electron chi connectivity index (χ2n) is 21.5. The predicted octanol–water partition coefficient (Wildman–Crippen LogP) is -3.38. The van der Waals surface area contributed by atoms with Crippen molar-refractivity contribution in [2.45, 2.75) is 105 Å². The van der Waals surface area contributed by atoms with Crippen LogP contribution in [-0.2, 0) is 70.5 Å². The number of guanidine groups is 1. The molecule has 8 rings (SSSR count). The molecule has 0 unspecified atom stereocenters. The number of thioether (sulfide) groups is 1. The molecular weight excluding hydrogens is 1250 g/mol. The number of nitrogens with zero attached hydrogens (tertiary/aromatic N) is 7. The fourth-order valence-corrected chi connectivity index (χ4v) is 12.3. The number of hydrogen-bond donors (Lipinski definition) is 15. The van der Waals surface area contributed by atoms with Gasteiger partial charge in [0.05, 0.1) is 54.5 Å². The largest absolute Gasteiger partial charge is 0.494 e. The summed E-state index contributed by atoms with van der Waals surface area (Å²) in [5.74, 6) is -14.3. The number of allylic oxidation sites excluding steroid dienone is 2. The molecule has 3 aliphatic heterocycles. The van der Waals surface area contributed by atoms with Gasteiger partial charge in [0.1, 0.15) is 36.8 Å². The number of carbonyl (C=O) groups excluding carboxylic acids is 8. The van der Waals surface area contributed by atoms with E-state index in [4.69, 9.17) is 37.1 Å². The van der Waals surface area contributed by atoms with E-state index in [1.807, 2.05) is 0 Å². The summed E-state index contributed by atoms with van der Waals surface area (Å²) in [5, 5.41) is 64.2. The molecule has 0 saturated carbocycles. The van der Waals surface area contributed by atoms with E-state index in [9.17, 15) is 83.1 Å². The van der Waals surface area contributed by atoms with Gasteiger partial charge in [-0.15, -0.1) is 11.8 Å². The van der Waals surface area contributed by atoms with Crippen LogP contribution in [0.1, 0.15) is 61.5 Å². The number of ketones is 2. The van der Waals surface area contributed by atoms with Crippen LogP contribution in [0, 0.1) is 5.92 Å². The van der Waals surface area contributed by atoms with Crippen molar-refractivity contribution in [3.05, 3.63) is 80.7 Å². The lowest BCUT2D eigenvalue weighted by molar-refractivity contribution is -0.153. The Morgan fingerprint density at radius 1 is 0.871 bits per heavy atom. The Morgan fingerprint density at radius 2 is 1.56 bits per heavy atom.